The first-order valence-corrected chi connectivity index (χ1v) is 7.57. The SMILES string of the molecule is FC(F)(F)c1ccc(C[C@H]2COc3c(Br)cccc3N2)cc1. The molecule has 0 bridgehead atoms. The van der Waals surface area contributed by atoms with Gasteiger partial charge >= 0.3 is 6.18 Å². The molecule has 2 aromatic rings. The van der Waals surface area contributed by atoms with Crippen LogP contribution in [0.1, 0.15) is 11.1 Å². The van der Waals surface area contributed by atoms with Gasteiger partial charge in [-0.1, -0.05) is 18.2 Å². The van der Waals surface area contributed by atoms with Crippen molar-refractivity contribution in [3.63, 3.8) is 0 Å². The van der Waals surface area contributed by atoms with Crippen LogP contribution in [0.15, 0.2) is 46.9 Å². The van der Waals surface area contributed by atoms with Crippen molar-refractivity contribution in [2.24, 2.45) is 0 Å². The van der Waals surface area contributed by atoms with Crippen molar-refractivity contribution >= 4 is 21.6 Å². The lowest BCUT2D eigenvalue weighted by molar-refractivity contribution is -0.137. The normalized spacial score (nSPS) is 17.4. The highest BCUT2D eigenvalue weighted by atomic mass is 79.9. The molecule has 22 heavy (non-hydrogen) atoms. The third-order valence-corrected chi connectivity index (χ3v) is 4.14. The Morgan fingerprint density at radius 1 is 1.14 bits per heavy atom. The summed E-state index contributed by atoms with van der Waals surface area (Å²) in [6.45, 7) is 0.469. The number of rotatable bonds is 2. The van der Waals surface area contributed by atoms with Gasteiger partial charge in [-0.05, 0) is 52.2 Å². The first-order chi connectivity index (χ1) is 10.4. The monoisotopic (exact) mass is 371 g/mol. The summed E-state index contributed by atoms with van der Waals surface area (Å²) in [5, 5.41) is 3.35. The lowest BCUT2D eigenvalue weighted by Crippen LogP contribution is -2.33. The molecule has 1 atom stereocenters. The second-order valence-corrected chi connectivity index (χ2v) is 6.02. The molecule has 0 aliphatic carbocycles. The van der Waals surface area contributed by atoms with Crippen molar-refractivity contribution < 1.29 is 17.9 Å². The first-order valence-electron chi connectivity index (χ1n) is 6.77. The number of hydrogen-bond acceptors (Lipinski definition) is 2. The molecular formula is C16H13BrF3NO. The zero-order valence-electron chi connectivity index (χ0n) is 11.5. The van der Waals surface area contributed by atoms with E-state index in [0.717, 1.165) is 33.6 Å². The second kappa shape index (κ2) is 5.83. The van der Waals surface area contributed by atoms with Crippen LogP contribution in [0.25, 0.3) is 0 Å². The fourth-order valence-electron chi connectivity index (χ4n) is 2.44. The minimum Gasteiger partial charge on any atom is -0.488 e. The third kappa shape index (κ3) is 3.21. The van der Waals surface area contributed by atoms with Crippen molar-refractivity contribution in [2.75, 3.05) is 11.9 Å². The van der Waals surface area contributed by atoms with Gasteiger partial charge in [0.2, 0.25) is 0 Å². The average Bonchev–Trinajstić information content (AvgIpc) is 2.47. The van der Waals surface area contributed by atoms with Crippen LogP contribution in [0.4, 0.5) is 18.9 Å². The van der Waals surface area contributed by atoms with E-state index in [0.29, 0.717) is 13.0 Å². The van der Waals surface area contributed by atoms with Crippen molar-refractivity contribution in [3.05, 3.63) is 58.1 Å². The molecule has 0 radical (unpaired) electrons. The van der Waals surface area contributed by atoms with E-state index in [-0.39, 0.29) is 6.04 Å². The van der Waals surface area contributed by atoms with Gasteiger partial charge in [0.25, 0.3) is 0 Å². The molecule has 1 N–H and O–H groups in total. The smallest absolute Gasteiger partial charge is 0.416 e. The van der Waals surface area contributed by atoms with E-state index >= 15 is 0 Å². The van der Waals surface area contributed by atoms with Crippen LogP contribution in [0, 0.1) is 0 Å². The molecule has 116 valence electrons. The zero-order chi connectivity index (χ0) is 15.7. The highest BCUT2D eigenvalue weighted by molar-refractivity contribution is 9.10. The van der Waals surface area contributed by atoms with Crippen molar-refractivity contribution in [1.82, 2.24) is 0 Å². The Morgan fingerprint density at radius 2 is 1.86 bits per heavy atom. The number of halogens is 4. The van der Waals surface area contributed by atoms with Gasteiger partial charge in [-0.3, -0.25) is 0 Å². The topological polar surface area (TPSA) is 21.3 Å². The largest absolute Gasteiger partial charge is 0.488 e. The summed E-state index contributed by atoms with van der Waals surface area (Å²) >= 11 is 3.42. The lowest BCUT2D eigenvalue weighted by Gasteiger charge is -2.28. The molecule has 0 amide bonds. The van der Waals surface area contributed by atoms with E-state index in [2.05, 4.69) is 21.2 Å². The minimum atomic E-state index is -4.30. The fraction of sp³-hybridized carbons (Fsp3) is 0.250. The van der Waals surface area contributed by atoms with Gasteiger partial charge in [0, 0.05) is 0 Å². The number of nitrogens with one attached hydrogen (secondary N) is 1. The Morgan fingerprint density at radius 3 is 2.55 bits per heavy atom. The van der Waals surface area contributed by atoms with Gasteiger partial charge in [-0.2, -0.15) is 13.2 Å². The maximum absolute atomic E-state index is 12.5. The lowest BCUT2D eigenvalue weighted by atomic mass is 10.0. The number of hydrogen-bond donors (Lipinski definition) is 1. The van der Waals surface area contributed by atoms with Gasteiger partial charge in [0.05, 0.1) is 21.8 Å². The zero-order valence-corrected chi connectivity index (χ0v) is 13.0. The van der Waals surface area contributed by atoms with Crippen LogP contribution in [0.3, 0.4) is 0 Å². The molecule has 0 spiro atoms. The van der Waals surface area contributed by atoms with Gasteiger partial charge in [-0.15, -0.1) is 0 Å². The highest BCUT2D eigenvalue weighted by Crippen LogP contribution is 2.36. The van der Waals surface area contributed by atoms with Gasteiger partial charge < -0.3 is 10.1 Å². The van der Waals surface area contributed by atoms with Crippen molar-refractivity contribution in [1.29, 1.82) is 0 Å². The van der Waals surface area contributed by atoms with Crippen LogP contribution in [-0.4, -0.2) is 12.6 Å². The van der Waals surface area contributed by atoms with Crippen LogP contribution in [0.5, 0.6) is 5.75 Å². The third-order valence-electron chi connectivity index (χ3n) is 3.52. The number of ether oxygens (including phenoxy) is 1. The minimum absolute atomic E-state index is 0.0264. The Balaban J connectivity index is 1.70. The predicted octanol–water partition coefficient (Wildman–Crippen LogP) is 4.88. The molecule has 1 heterocycles. The summed E-state index contributed by atoms with van der Waals surface area (Å²) in [6, 6.07) is 11.0. The quantitative estimate of drug-likeness (QED) is 0.811. The number of para-hydroxylation sites is 1. The molecule has 3 rings (SSSR count). The van der Waals surface area contributed by atoms with Crippen LogP contribution in [-0.2, 0) is 12.6 Å². The number of fused-ring (bicyclic) bond motifs is 1. The molecule has 1 aliphatic rings. The Bertz CT molecular complexity index is 670. The number of alkyl halides is 3. The summed E-state index contributed by atoms with van der Waals surface area (Å²) in [7, 11) is 0. The maximum Gasteiger partial charge on any atom is 0.416 e. The maximum atomic E-state index is 12.5. The standard InChI is InChI=1S/C16H13BrF3NO/c17-13-2-1-3-14-15(13)22-9-12(21-14)8-10-4-6-11(7-5-10)16(18,19)20/h1-7,12,21H,8-9H2/t12-/m0/s1. The molecule has 0 saturated heterocycles. The van der Waals surface area contributed by atoms with E-state index in [1.54, 1.807) is 0 Å². The summed E-state index contributed by atoms with van der Waals surface area (Å²) in [6.07, 6.45) is -3.69. The molecule has 0 unspecified atom stereocenters. The van der Waals surface area contributed by atoms with E-state index in [1.165, 1.54) is 12.1 Å². The highest BCUT2D eigenvalue weighted by Gasteiger charge is 2.30. The molecule has 6 heteroatoms. The van der Waals surface area contributed by atoms with E-state index in [1.807, 2.05) is 18.2 Å². The fourth-order valence-corrected chi connectivity index (χ4v) is 2.92. The molecule has 0 fully saturated rings. The summed E-state index contributed by atoms with van der Waals surface area (Å²) in [4.78, 5) is 0. The number of benzene rings is 2. The molecule has 1 aliphatic heterocycles. The second-order valence-electron chi connectivity index (χ2n) is 5.17. The molecule has 2 nitrogen and oxygen atoms in total. The van der Waals surface area contributed by atoms with E-state index in [4.69, 9.17) is 4.74 Å². The Hall–Kier alpha value is -1.69. The molecule has 0 aromatic heterocycles. The molecule has 2 aromatic carbocycles. The Kier molecular flexibility index (Phi) is 4.04. The summed E-state index contributed by atoms with van der Waals surface area (Å²) in [5.74, 6) is 0.770. The van der Waals surface area contributed by atoms with Crippen LogP contribution in [0.2, 0.25) is 0 Å². The van der Waals surface area contributed by atoms with E-state index in [9.17, 15) is 13.2 Å². The van der Waals surface area contributed by atoms with Gasteiger partial charge in [-0.25, -0.2) is 0 Å². The Labute approximate surface area is 134 Å². The van der Waals surface area contributed by atoms with Gasteiger partial charge in [0.1, 0.15) is 6.61 Å². The first kappa shape index (κ1) is 15.2. The van der Waals surface area contributed by atoms with Crippen LogP contribution < -0.4 is 10.1 Å². The average molecular weight is 372 g/mol. The van der Waals surface area contributed by atoms with Crippen molar-refractivity contribution in [3.8, 4) is 5.75 Å². The summed E-state index contributed by atoms with van der Waals surface area (Å²) in [5.41, 5.74) is 1.10. The summed E-state index contributed by atoms with van der Waals surface area (Å²) < 4.78 is 44.2. The van der Waals surface area contributed by atoms with Crippen LogP contribution >= 0.6 is 15.9 Å². The van der Waals surface area contributed by atoms with Crippen molar-refractivity contribution in [2.45, 2.75) is 18.6 Å². The molecular weight excluding hydrogens is 359 g/mol. The molecule has 0 saturated carbocycles. The number of anilines is 1. The predicted molar refractivity (Wildman–Crippen MR) is 82.2 cm³/mol. The van der Waals surface area contributed by atoms with E-state index < -0.39 is 11.7 Å². The van der Waals surface area contributed by atoms with Gasteiger partial charge in [0.15, 0.2) is 5.75 Å².